The van der Waals surface area contributed by atoms with Crippen molar-refractivity contribution in [3.8, 4) is 0 Å². The Labute approximate surface area is 172 Å². The number of nitrogens with zero attached hydrogens (tertiary/aromatic N) is 2. The molecule has 3 N–H and O–H groups in total. The van der Waals surface area contributed by atoms with Crippen molar-refractivity contribution in [2.45, 2.75) is 63.6 Å². The van der Waals surface area contributed by atoms with Crippen LogP contribution in [0.25, 0.3) is 0 Å². The molecule has 2 aromatic rings. The zero-order valence-corrected chi connectivity index (χ0v) is 17.3. The Hall–Kier alpha value is -2.18. The summed E-state index contributed by atoms with van der Waals surface area (Å²) in [7, 11) is 0. The lowest BCUT2D eigenvalue weighted by molar-refractivity contribution is -0.137. The van der Waals surface area contributed by atoms with Crippen LogP contribution in [0.4, 0.5) is 0 Å². The molecule has 4 atom stereocenters. The number of benzene rings is 1. The second-order valence-corrected chi connectivity index (χ2v) is 8.74. The van der Waals surface area contributed by atoms with Gasteiger partial charge in [0.25, 0.3) is 0 Å². The molecule has 2 aliphatic rings. The Kier molecular flexibility index (Phi) is 6.01. The van der Waals surface area contributed by atoms with E-state index in [4.69, 9.17) is 0 Å². The van der Waals surface area contributed by atoms with Crippen molar-refractivity contribution in [2.24, 2.45) is 5.92 Å². The lowest BCUT2D eigenvalue weighted by Gasteiger charge is -2.24. The first-order valence-electron chi connectivity index (χ1n) is 10.8. The Balaban J connectivity index is 1.55. The van der Waals surface area contributed by atoms with Crippen LogP contribution in [0.5, 0.6) is 0 Å². The quantitative estimate of drug-likeness (QED) is 0.701. The van der Waals surface area contributed by atoms with Gasteiger partial charge in [-0.05, 0) is 24.8 Å². The number of likely N-dealkylation sites (tertiary alicyclic amines) is 1. The van der Waals surface area contributed by atoms with Crippen molar-refractivity contribution < 1.29 is 9.90 Å². The van der Waals surface area contributed by atoms with Gasteiger partial charge in [-0.2, -0.15) is 0 Å². The lowest BCUT2D eigenvalue weighted by Crippen LogP contribution is -2.38. The summed E-state index contributed by atoms with van der Waals surface area (Å²) < 4.78 is 0. The van der Waals surface area contributed by atoms with Crippen LogP contribution >= 0.6 is 0 Å². The van der Waals surface area contributed by atoms with Gasteiger partial charge in [-0.3, -0.25) is 4.79 Å². The standard InChI is InChI=1S/C23H32N4O2/c1-15(2)22-25-14-19(26-22)20-18(24-13-16-8-4-3-5-9-16)12-17(21(20)28)23(29)27-10-6-7-11-27/h3-5,8-9,14-15,17-18,20-21,24,28H,6-7,10-13H2,1-2H3,(H,25,26)/t17-,18+,20+,21+/m0/s1. The van der Waals surface area contributed by atoms with Crippen LogP contribution in [0.15, 0.2) is 36.5 Å². The monoisotopic (exact) mass is 396 g/mol. The number of aliphatic hydroxyl groups excluding tert-OH is 1. The van der Waals surface area contributed by atoms with E-state index in [0.29, 0.717) is 18.9 Å². The molecule has 1 aliphatic carbocycles. The van der Waals surface area contributed by atoms with Crippen LogP contribution in [0, 0.1) is 5.92 Å². The Bertz CT molecular complexity index is 813. The summed E-state index contributed by atoms with van der Waals surface area (Å²) in [5.74, 6) is 0.781. The number of aliphatic hydroxyl groups is 1. The van der Waals surface area contributed by atoms with Gasteiger partial charge in [-0.1, -0.05) is 44.2 Å². The average molecular weight is 397 g/mol. The van der Waals surface area contributed by atoms with Crippen molar-refractivity contribution in [1.29, 1.82) is 0 Å². The van der Waals surface area contributed by atoms with E-state index in [1.165, 1.54) is 5.56 Å². The Morgan fingerprint density at radius 1 is 1.28 bits per heavy atom. The third-order valence-electron chi connectivity index (χ3n) is 6.39. The van der Waals surface area contributed by atoms with Crippen LogP contribution in [-0.4, -0.2) is 51.1 Å². The maximum absolute atomic E-state index is 13.1. The number of H-pyrrole nitrogens is 1. The number of rotatable bonds is 6. The number of nitrogens with one attached hydrogen (secondary N) is 2. The first kappa shape index (κ1) is 20.1. The van der Waals surface area contributed by atoms with Gasteiger partial charge in [-0.25, -0.2) is 4.98 Å². The minimum absolute atomic E-state index is 0.0159. The fourth-order valence-electron chi connectivity index (χ4n) is 4.74. The molecule has 2 fully saturated rings. The molecule has 1 saturated heterocycles. The highest BCUT2D eigenvalue weighted by molar-refractivity contribution is 5.80. The summed E-state index contributed by atoms with van der Waals surface area (Å²) in [5.41, 5.74) is 2.12. The van der Waals surface area contributed by atoms with E-state index in [2.05, 4.69) is 41.3 Å². The summed E-state index contributed by atoms with van der Waals surface area (Å²) in [6, 6.07) is 10.3. The molecule has 4 rings (SSSR count). The maximum atomic E-state index is 13.1. The fraction of sp³-hybridized carbons (Fsp3) is 0.565. The van der Waals surface area contributed by atoms with Gasteiger partial charge < -0.3 is 20.3 Å². The van der Waals surface area contributed by atoms with Gasteiger partial charge >= 0.3 is 0 Å². The number of aromatic amines is 1. The van der Waals surface area contributed by atoms with E-state index in [1.807, 2.05) is 29.3 Å². The van der Waals surface area contributed by atoms with Crippen molar-refractivity contribution in [3.05, 3.63) is 53.6 Å². The number of carbonyl (C=O) groups is 1. The topological polar surface area (TPSA) is 81.2 Å². The minimum Gasteiger partial charge on any atom is -0.392 e. The molecule has 156 valence electrons. The van der Waals surface area contributed by atoms with E-state index in [-0.39, 0.29) is 23.8 Å². The number of amides is 1. The molecular weight excluding hydrogens is 364 g/mol. The molecule has 29 heavy (non-hydrogen) atoms. The van der Waals surface area contributed by atoms with Gasteiger partial charge in [-0.15, -0.1) is 0 Å². The van der Waals surface area contributed by atoms with Crippen molar-refractivity contribution in [3.63, 3.8) is 0 Å². The van der Waals surface area contributed by atoms with Crippen molar-refractivity contribution in [2.75, 3.05) is 13.1 Å². The second-order valence-electron chi connectivity index (χ2n) is 8.74. The van der Waals surface area contributed by atoms with Gasteiger partial charge in [0, 0.05) is 49.4 Å². The lowest BCUT2D eigenvalue weighted by atomic mass is 9.95. The maximum Gasteiger partial charge on any atom is 0.228 e. The Morgan fingerprint density at radius 3 is 2.66 bits per heavy atom. The smallest absolute Gasteiger partial charge is 0.228 e. The predicted molar refractivity (Wildman–Crippen MR) is 112 cm³/mol. The van der Waals surface area contributed by atoms with Gasteiger partial charge in [0.05, 0.1) is 12.0 Å². The molecule has 2 heterocycles. The minimum atomic E-state index is -0.711. The molecule has 0 radical (unpaired) electrons. The summed E-state index contributed by atoms with van der Waals surface area (Å²) >= 11 is 0. The average Bonchev–Trinajstić information content (AvgIpc) is 3.47. The first-order valence-corrected chi connectivity index (χ1v) is 10.8. The third kappa shape index (κ3) is 4.23. The summed E-state index contributed by atoms with van der Waals surface area (Å²) in [4.78, 5) is 22.9. The summed E-state index contributed by atoms with van der Waals surface area (Å²) in [5, 5.41) is 14.8. The summed E-state index contributed by atoms with van der Waals surface area (Å²) in [6.07, 6.45) is 3.89. The fourth-order valence-corrected chi connectivity index (χ4v) is 4.74. The molecule has 1 aliphatic heterocycles. The highest BCUT2D eigenvalue weighted by atomic mass is 16.3. The van der Waals surface area contributed by atoms with Crippen LogP contribution < -0.4 is 5.32 Å². The number of hydrogen-bond acceptors (Lipinski definition) is 4. The number of carbonyl (C=O) groups excluding carboxylic acids is 1. The molecule has 1 aromatic heterocycles. The van der Waals surface area contributed by atoms with Gasteiger partial charge in [0.1, 0.15) is 5.82 Å². The zero-order valence-electron chi connectivity index (χ0n) is 17.3. The van der Waals surface area contributed by atoms with E-state index in [0.717, 1.165) is 37.4 Å². The summed E-state index contributed by atoms with van der Waals surface area (Å²) in [6.45, 7) is 6.54. The number of hydrogen-bond donors (Lipinski definition) is 3. The van der Waals surface area contributed by atoms with E-state index in [1.54, 1.807) is 0 Å². The first-order chi connectivity index (χ1) is 14.0. The highest BCUT2D eigenvalue weighted by Gasteiger charge is 2.48. The second kappa shape index (κ2) is 8.67. The van der Waals surface area contributed by atoms with E-state index in [9.17, 15) is 9.90 Å². The molecule has 0 spiro atoms. The molecule has 1 saturated carbocycles. The largest absolute Gasteiger partial charge is 0.392 e. The van der Waals surface area contributed by atoms with Crippen molar-refractivity contribution >= 4 is 5.91 Å². The van der Waals surface area contributed by atoms with E-state index < -0.39 is 6.10 Å². The van der Waals surface area contributed by atoms with E-state index >= 15 is 0 Å². The van der Waals surface area contributed by atoms with Crippen LogP contribution in [0.2, 0.25) is 0 Å². The highest BCUT2D eigenvalue weighted by Crippen LogP contribution is 2.40. The molecule has 1 aromatic carbocycles. The zero-order chi connectivity index (χ0) is 20.4. The molecular formula is C23H32N4O2. The van der Waals surface area contributed by atoms with Gasteiger partial charge in [0.2, 0.25) is 5.91 Å². The molecule has 0 unspecified atom stereocenters. The van der Waals surface area contributed by atoms with Crippen molar-refractivity contribution in [1.82, 2.24) is 20.2 Å². The molecule has 1 amide bonds. The third-order valence-corrected chi connectivity index (χ3v) is 6.39. The molecule has 6 heteroatoms. The van der Waals surface area contributed by atoms with Crippen LogP contribution in [0.1, 0.15) is 62.0 Å². The van der Waals surface area contributed by atoms with Crippen LogP contribution in [-0.2, 0) is 11.3 Å². The number of aromatic nitrogens is 2. The molecule has 0 bridgehead atoms. The molecule has 6 nitrogen and oxygen atoms in total. The normalized spacial score (nSPS) is 27.1. The number of imidazole rings is 1. The van der Waals surface area contributed by atoms with Gasteiger partial charge in [0.15, 0.2) is 0 Å². The van der Waals surface area contributed by atoms with Crippen LogP contribution in [0.3, 0.4) is 0 Å². The SMILES string of the molecule is CC(C)c1ncc([C@@H]2[C@H](O)[C@@H](C(=O)N3CCCC3)C[C@H]2NCc2ccccc2)[nH]1. The predicted octanol–water partition coefficient (Wildman–Crippen LogP) is 2.78. The Morgan fingerprint density at radius 2 is 2.00 bits per heavy atom.